The molecule has 2 N–H and O–H groups in total. The second kappa shape index (κ2) is 22.7. The highest BCUT2D eigenvalue weighted by Gasteiger charge is 2.28. The largest absolute Gasteiger partial charge is 0.364 e. The molecule has 49 heavy (non-hydrogen) atoms. The number of aryl methyl sites for hydroxylation is 1. The number of likely N-dealkylation sites (tertiary alicyclic amines) is 1. The van der Waals surface area contributed by atoms with Crippen LogP contribution in [-0.4, -0.2) is 64.9 Å². The molecule has 2 aliphatic rings. The summed E-state index contributed by atoms with van der Waals surface area (Å²) in [6, 6.07) is 3.07. The van der Waals surface area contributed by atoms with Crippen LogP contribution in [0.2, 0.25) is 0 Å². The number of pyridine rings is 1. The maximum atomic E-state index is 13.0. The number of aromatic nitrogens is 1. The lowest BCUT2D eigenvalue weighted by Crippen LogP contribution is -2.47. The number of nitrogens with zero attached hydrogens (tertiary/aromatic N) is 3. The molecule has 0 saturated carbocycles. The summed E-state index contributed by atoms with van der Waals surface area (Å²) in [5, 5.41) is 6.09. The van der Waals surface area contributed by atoms with Gasteiger partial charge in [0.2, 0.25) is 11.8 Å². The number of terminal acetylenes is 1. The van der Waals surface area contributed by atoms with E-state index in [9.17, 15) is 9.59 Å². The van der Waals surface area contributed by atoms with Crippen molar-refractivity contribution in [2.24, 2.45) is 0 Å². The highest BCUT2D eigenvalue weighted by Crippen LogP contribution is 2.28. The predicted molar refractivity (Wildman–Crippen MR) is 206 cm³/mol. The normalized spacial score (nSPS) is 16.6. The fourth-order valence-electron chi connectivity index (χ4n) is 6.55. The van der Waals surface area contributed by atoms with Gasteiger partial charge in [-0.2, -0.15) is 0 Å². The molecule has 1 unspecified atom stereocenters. The standard InChI is InChI=1S/C40H61N5O2.C2H2/c1-8-11-22-42-39(46)32(6)27-31(5)38(10-3)40(47)43-23-13-14-33(7)44-25-20-37(21-26-44)45(29-35-28-41-24-19-30(35)4)36-16-12-15-34(9-2)17-18-36;1-2/h15-19,24,27-28,33,37H,8-14,20-23,25-26,29H2,1-7H3,(H,42,46)(H,43,47);1-2H/b32-27+,38-31+;. The van der Waals surface area contributed by atoms with Gasteiger partial charge in [-0.1, -0.05) is 57.1 Å². The summed E-state index contributed by atoms with van der Waals surface area (Å²) in [4.78, 5) is 35.1. The number of carbonyl (C=O) groups excluding carboxylic acids is 2. The Morgan fingerprint density at radius 1 is 1.04 bits per heavy atom. The molecular formula is C42H63N5O2. The molecule has 1 aromatic rings. The van der Waals surface area contributed by atoms with Gasteiger partial charge in [-0.3, -0.25) is 14.6 Å². The molecule has 7 heteroatoms. The number of carbonyl (C=O) groups is 2. The van der Waals surface area contributed by atoms with Crippen molar-refractivity contribution in [3.05, 3.63) is 88.0 Å². The van der Waals surface area contributed by atoms with E-state index in [1.54, 1.807) is 0 Å². The molecule has 0 aromatic carbocycles. The summed E-state index contributed by atoms with van der Waals surface area (Å²) in [6.07, 6.45) is 32.0. The van der Waals surface area contributed by atoms with E-state index in [2.05, 4.69) is 96.3 Å². The molecule has 0 bridgehead atoms. The van der Waals surface area contributed by atoms with E-state index in [1.165, 1.54) is 22.4 Å². The Morgan fingerprint density at radius 3 is 2.39 bits per heavy atom. The lowest BCUT2D eigenvalue weighted by Gasteiger charge is -2.42. The molecule has 1 saturated heterocycles. The molecule has 0 spiro atoms. The minimum atomic E-state index is -0.0655. The van der Waals surface area contributed by atoms with Gasteiger partial charge in [-0.05, 0) is 108 Å². The van der Waals surface area contributed by atoms with E-state index in [1.807, 2.05) is 39.2 Å². The van der Waals surface area contributed by atoms with Crippen molar-refractivity contribution < 1.29 is 9.59 Å². The van der Waals surface area contributed by atoms with Crippen molar-refractivity contribution in [2.45, 2.75) is 125 Å². The number of nitrogens with one attached hydrogen (secondary N) is 2. The van der Waals surface area contributed by atoms with Crippen LogP contribution in [0.3, 0.4) is 0 Å². The summed E-state index contributed by atoms with van der Waals surface area (Å²) in [5.41, 5.74) is 7.55. The molecule has 0 radical (unpaired) electrons. The Morgan fingerprint density at radius 2 is 1.73 bits per heavy atom. The Bertz CT molecular complexity index is 1370. The first-order chi connectivity index (χ1) is 23.7. The summed E-state index contributed by atoms with van der Waals surface area (Å²) in [5.74, 6) is -0.0924. The first-order valence-electron chi connectivity index (χ1n) is 18.4. The Labute approximate surface area is 298 Å². The fourth-order valence-corrected chi connectivity index (χ4v) is 6.55. The van der Waals surface area contributed by atoms with Gasteiger partial charge in [-0.15, -0.1) is 12.8 Å². The van der Waals surface area contributed by atoms with Crippen molar-refractivity contribution in [3.63, 3.8) is 0 Å². The quantitative estimate of drug-likeness (QED) is 0.0762. The van der Waals surface area contributed by atoms with Crippen LogP contribution in [0.5, 0.6) is 0 Å². The van der Waals surface area contributed by atoms with Gasteiger partial charge >= 0.3 is 0 Å². The minimum absolute atomic E-state index is 0.0269. The number of allylic oxidation sites excluding steroid dienone is 7. The molecule has 1 aliphatic carbocycles. The first-order valence-corrected chi connectivity index (χ1v) is 18.4. The third-order valence-electron chi connectivity index (χ3n) is 9.76. The number of piperidine rings is 1. The average Bonchev–Trinajstić information content (AvgIpc) is 3.36. The van der Waals surface area contributed by atoms with Gasteiger partial charge in [0.15, 0.2) is 0 Å². The maximum Gasteiger partial charge on any atom is 0.247 e. The summed E-state index contributed by atoms with van der Waals surface area (Å²) in [6.45, 7) is 18.9. The maximum absolute atomic E-state index is 13.0. The van der Waals surface area contributed by atoms with Gasteiger partial charge in [0.1, 0.15) is 0 Å². The van der Waals surface area contributed by atoms with Gasteiger partial charge in [0.05, 0.1) is 0 Å². The van der Waals surface area contributed by atoms with Gasteiger partial charge in [0.25, 0.3) is 0 Å². The number of rotatable bonds is 17. The summed E-state index contributed by atoms with van der Waals surface area (Å²) < 4.78 is 0. The average molecular weight is 670 g/mol. The van der Waals surface area contributed by atoms with Crippen LogP contribution < -0.4 is 10.6 Å². The van der Waals surface area contributed by atoms with Gasteiger partial charge in [0, 0.05) is 74.0 Å². The van der Waals surface area contributed by atoms with Crippen LogP contribution in [-0.2, 0) is 16.1 Å². The second-order valence-corrected chi connectivity index (χ2v) is 13.2. The zero-order valence-corrected chi connectivity index (χ0v) is 31.5. The smallest absolute Gasteiger partial charge is 0.247 e. The van der Waals surface area contributed by atoms with E-state index >= 15 is 0 Å². The molecule has 7 nitrogen and oxygen atoms in total. The van der Waals surface area contributed by atoms with Crippen molar-refractivity contribution >= 4 is 11.8 Å². The van der Waals surface area contributed by atoms with Crippen LogP contribution in [0.4, 0.5) is 0 Å². The minimum Gasteiger partial charge on any atom is -0.364 e. The van der Waals surface area contributed by atoms with Crippen molar-refractivity contribution in [3.8, 4) is 12.8 Å². The molecule has 2 heterocycles. The van der Waals surface area contributed by atoms with Crippen LogP contribution in [0.25, 0.3) is 0 Å². The second-order valence-electron chi connectivity index (χ2n) is 13.2. The summed E-state index contributed by atoms with van der Waals surface area (Å²) in [7, 11) is 0. The Hall–Kier alpha value is -3.89. The van der Waals surface area contributed by atoms with Crippen molar-refractivity contribution in [1.29, 1.82) is 0 Å². The molecular weight excluding hydrogens is 606 g/mol. The number of hydrogen-bond donors (Lipinski definition) is 2. The zero-order valence-electron chi connectivity index (χ0n) is 31.5. The fraction of sp³-hybridized carbons (Fsp3) is 0.548. The van der Waals surface area contributed by atoms with Gasteiger partial charge < -0.3 is 20.4 Å². The monoisotopic (exact) mass is 669 g/mol. The molecule has 1 aliphatic heterocycles. The Balaban J connectivity index is 0.00000409. The predicted octanol–water partition coefficient (Wildman–Crippen LogP) is 7.96. The molecule has 1 atom stereocenters. The third kappa shape index (κ3) is 13.5. The topological polar surface area (TPSA) is 77.6 Å². The number of unbranched alkanes of at least 4 members (excludes halogenated alkanes) is 1. The highest BCUT2D eigenvalue weighted by molar-refractivity contribution is 5.96. The lowest BCUT2D eigenvalue weighted by atomic mass is 9.98. The molecule has 1 fully saturated rings. The van der Waals surface area contributed by atoms with Gasteiger partial charge in [-0.25, -0.2) is 0 Å². The van der Waals surface area contributed by atoms with E-state index in [4.69, 9.17) is 0 Å². The van der Waals surface area contributed by atoms with Crippen LogP contribution in [0, 0.1) is 19.8 Å². The van der Waals surface area contributed by atoms with Crippen LogP contribution in [0.15, 0.2) is 76.8 Å². The highest BCUT2D eigenvalue weighted by atomic mass is 16.2. The lowest BCUT2D eigenvalue weighted by molar-refractivity contribution is -0.118. The number of hydrogen-bond acceptors (Lipinski definition) is 5. The first kappa shape index (κ1) is 41.3. The molecule has 3 rings (SSSR count). The van der Waals surface area contributed by atoms with E-state index in [-0.39, 0.29) is 11.8 Å². The van der Waals surface area contributed by atoms with E-state index in [0.29, 0.717) is 37.2 Å². The van der Waals surface area contributed by atoms with Crippen molar-refractivity contribution in [1.82, 2.24) is 25.4 Å². The molecule has 1 aromatic heterocycles. The van der Waals surface area contributed by atoms with Crippen molar-refractivity contribution in [2.75, 3.05) is 26.2 Å². The Kier molecular flexibility index (Phi) is 19.1. The molecule has 2 amide bonds. The SMILES string of the molecule is C#C.CCCCNC(=O)/C(C)=C/C(C)=C(\CC)C(=O)NCCCC(C)N1CCC(N(Cc2cnccc2C)C2=CCC=C(CC)C=C2)CC1. The zero-order chi connectivity index (χ0) is 36.2. The number of amides is 2. The van der Waals surface area contributed by atoms with Crippen LogP contribution in [0.1, 0.15) is 110 Å². The molecule has 268 valence electrons. The van der Waals surface area contributed by atoms with Crippen LogP contribution >= 0.6 is 0 Å². The van der Waals surface area contributed by atoms with E-state index in [0.717, 1.165) is 82.1 Å². The third-order valence-corrected chi connectivity index (χ3v) is 9.76. The van der Waals surface area contributed by atoms with E-state index < -0.39 is 0 Å². The summed E-state index contributed by atoms with van der Waals surface area (Å²) >= 11 is 0.